The Bertz CT molecular complexity index is 851. The Labute approximate surface area is 132 Å². The summed E-state index contributed by atoms with van der Waals surface area (Å²) >= 11 is 0. The van der Waals surface area contributed by atoms with Gasteiger partial charge in [-0.05, 0) is 30.3 Å². The number of nitrogens with zero attached hydrogens (tertiary/aromatic N) is 1. The van der Waals surface area contributed by atoms with Crippen LogP contribution in [0, 0.1) is 5.82 Å². The minimum Gasteiger partial charge on any atom is -0.495 e. The van der Waals surface area contributed by atoms with Gasteiger partial charge in [0.25, 0.3) is 10.0 Å². The van der Waals surface area contributed by atoms with E-state index in [4.69, 9.17) is 9.84 Å². The SMILES string of the molecule is COc1ccccc1N(C)S(=O)(=O)c1ccc(F)c(C(=O)O)c1. The van der Waals surface area contributed by atoms with Crippen molar-refractivity contribution in [3.05, 3.63) is 53.8 Å². The van der Waals surface area contributed by atoms with Crippen molar-refractivity contribution in [3.8, 4) is 5.75 Å². The number of methoxy groups -OCH3 is 1. The molecule has 0 atom stereocenters. The summed E-state index contributed by atoms with van der Waals surface area (Å²) in [5, 5.41) is 8.93. The molecule has 0 aliphatic rings. The normalized spacial score (nSPS) is 11.1. The number of hydrogen-bond acceptors (Lipinski definition) is 4. The number of carboxylic acid groups (broad SMARTS) is 1. The number of carboxylic acids is 1. The first-order valence-corrected chi connectivity index (χ1v) is 7.88. The zero-order chi connectivity index (χ0) is 17.2. The van der Waals surface area contributed by atoms with E-state index in [1.165, 1.54) is 20.2 Å². The molecule has 23 heavy (non-hydrogen) atoms. The van der Waals surface area contributed by atoms with Gasteiger partial charge in [0.15, 0.2) is 0 Å². The minimum absolute atomic E-state index is 0.274. The molecule has 0 unspecified atom stereocenters. The molecule has 6 nitrogen and oxygen atoms in total. The standard InChI is InChI=1S/C15H14FNO5S/c1-17(13-5-3-4-6-14(13)22-2)23(20,21)10-7-8-12(16)11(9-10)15(18)19/h3-9H,1-2H3,(H,18,19). The van der Waals surface area contributed by atoms with Gasteiger partial charge < -0.3 is 9.84 Å². The zero-order valence-electron chi connectivity index (χ0n) is 12.4. The van der Waals surface area contributed by atoms with Crippen molar-refractivity contribution in [2.75, 3.05) is 18.5 Å². The highest BCUT2D eigenvalue weighted by Gasteiger charge is 2.25. The van der Waals surface area contributed by atoms with Crippen molar-refractivity contribution in [2.24, 2.45) is 0 Å². The Balaban J connectivity index is 2.54. The van der Waals surface area contributed by atoms with Crippen LogP contribution in [0.5, 0.6) is 5.75 Å². The lowest BCUT2D eigenvalue weighted by Crippen LogP contribution is -2.27. The van der Waals surface area contributed by atoms with E-state index in [2.05, 4.69) is 0 Å². The van der Waals surface area contributed by atoms with E-state index in [1.54, 1.807) is 18.2 Å². The van der Waals surface area contributed by atoms with E-state index in [1.807, 2.05) is 0 Å². The summed E-state index contributed by atoms with van der Waals surface area (Å²) in [5.41, 5.74) is -0.435. The van der Waals surface area contributed by atoms with Gasteiger partial charge in [-0.25, -0.2) is 17.6 Å². The minimum atomic E-state index is -4.07. The molecule has 2 rings (SSSR count). The van der Waals surface area contributed by atoms with Crippen LogP contribution in [-0.2, 0) is 10.0 Å². The molecule has 0 aliphatic heterocycles. The number of rotatable bonds is 5. The molecule has 2 aromatic rings. The second-order valence-corrected chi connectivity index (χ2v) is 6.56. The third-order valence-corrected chi connectivity index (χ3v) is 5.02. The predicted octanol–water partition coefficient (Wildman–Crippen LogP) is 2.36. The molecule has 2 aromatic carbocycles. The molecular formula is C15H14FNO5S. The number of ether oxygens (including phenoxy) is 1. The maximum Gasteiger partial charge on any atom is 0.338 e. The van der Waals surface area contributed by atoms with Gasteiger partial charge in [-0.1, -0.05) is 12.1 Å². The second-order valence-electron chi connectivity index (χ2n) is 4.59. The lowest BCUT2D eigenvalue weighted by atomic mass is 10.2. The molecule has 1 N–H and O–H groups in total. The van der Waals surface area contributed by atoms with Crippen molar-refractivity contribution in [1.29, 1.82) is 0 Å². The largest absolute Gasteiger partial charge is 0.495 e. The van der Waals surface area contributed by atoms with E-state index in [9.17, 15) is 17.6 Å². The van der Waals surface area contributed by atoms with Crippen LogP contribution in [0.15, 0.2) is 47.4 Å². The van der Waals surface area contributed by atoms with Crippen molar-refractivity contribution in [1.82, 2.24) is 0 Å². The van der Waals surface area contributed by atoms with Crippen LogP contribution >= 0.6 is 0 Å². The van der Waals surface area contributed by atoms with Gasteiger partial charge in [-0.3, -0.25) is 4.31 Å². The zero-order valence-corrected chi connectivity index (χ0v) is 13.2. The number of carbonyl (C=O) groups is 1. The van der Waals surface area contributed by atoms with E-state index >= 15 is 0 Å². The number of sulfonamides is 1. The summed E-state index contributed by atoms with van der Waals surface area (Å²) in [4.78, 5) is 10.6. The topological polar surface area (TPSA) is 83.9 Å². The summed E-state index contributed by atoms with van der Waals surface area (Å²) in [6.45, 7) is 0. The molecule has 0 aliphatic carbocycles. The Morgan fingerprint density at radius 3 is 2.48 bits per heavy atom. The number of hydrogen-bond donors (Lipinski definition) is 1. The maximum absolute atomic E-state index is 13.4. The Hall–Kier alpha value is -2.61. The van der Waals surface area contributed by atoms with Gasteiger partial charge in [0.05, 0.1) is 23.3 Å². The number of aromatic carboxylic acids is 1. The summed E-state index contributed by atoms with van der Waals surface area (Å²) in [5.74, 6) is -2.21. The molecule has 0 amide bonds. The lowest BCUT2D eigenvalue weighted by molar-refractivity contribution is 0.0691. The first-order chi connectivity index (χ1) is 10.8. The molecular weight excluding hydrogens is 325 g/mol. The average Bonchev–Trinajstić information content (AvgIpc) is 2.53. The van der Waals surface area contributed by atoms with E-state index in [-0.39, 0.29) is 10.6 Å². The predicted molar refractivity (Wildman–Crippen MR) is 81.9 cm³/mol. The van der Waals surface area contributed by atoms with Gasteiger partial charge >= 0.3 is 5.97 Å². The van der Waals surface area contributed by atoms with E-state index < -0.39 is 27.4 Å². The Morgan fingerprint density at radius 1 is 1.22 bits per heavy atom. The summed E-state index contributed by atoms with van der Waals surface area (Å²) in [6.07, 6.45) is 0. The van der Waals surface area contributed by atoms with Gasteiger partial charge in [0.2, 0.25) is 0 Å². The molecule has 0 saturated carbocycles. The fraction of sp³-hybridized carbons (Fsp3) is 0.133. The maximum atomic E-state index is 13.4. The molecule has 0 radical (unpaired) electrons. The molecule has 8 heteroatoms. The van der Waals surface area contributed by atoms with Crippen LogP contribution < -0.4 is 9.04 Å². The first kappa shape index (κ1) is 16.8. The summed E-state index contributed by atoms with van der Waals surface area (Å²) in [7, 11) is -1.37. The van der Waals surface area contributed by atoms with Crippen molar-refractivity contribution >= 4 is 21.7 Å². The summed E-state index contributed by atoms with van der Waals surface area (Å²) < 4.78 is 44.8. The van der Waals surface area contributed by atoms with Crippen LogP contribution in [-0.4, -0.2) is 33.7 Å². The average molecular weight is 339 g/mol. The Morgan fingerprint density at radius 2 is 1.87 bits per heavy atom. The van der Waals surface area contributed by atoms with Gasteiger partial charge in [0.1, 0.15) is 11.6 Å². The third-order valence-electron chi connectivity index (χ3n) is 3.25. The van der Waals surface area contributed by atoms with Gasteiger partial charge in [0, 0.05) is 7.05 Å². The molecule has 0 bridgehead atoms. The highest BCUT2D eigenvalue weighted by Crippen LogP contribution is 2.31. The van der Waals surface area contributed by atoms with Crippen LogP contribution in [0.3, 0.4) is 0 Å². The second kappa shape index (κ2) is 6.25. The molecule has 0 saturated heterocycles. The van der Waals surface area contributed by atoms with Crippen LogP contribution in [0.25, 0.3) is 0 Å². The Kier molecular flexibility index (Phi) is 4.55. The number of benzene rings is 2. The quantitative estimate of drug-likeness (QED) is 0.904. The number of anilines is 1. The van der Waals surface area contributed by atoms with Crippen molar-refractivity contribution in [2.45, 2.75) is 4.90 Å². The highest BCUT2D eigenvalue weighted by molar-refractivity contribution is 7.92. The molecule has 0 heterocycles. The highest BCUT2D eigenvalue weighted by atomic mass is 32.2. The van der Waals surface area contributed by atoms with Crippen LogP contribution in [0.4, 0.5) is 10.1 Å². The van der Waals surface area contributed by atoms with Crippen LogP contribution in [0.2, 0.25) is 0 Å². The van der Waals surface area contributed by atoms with E-state index in [0.717, 1.165) is 22.5 Å². The van der Waals surface area contributed by atoms with Crippen LogP contribution in [0.1, 0.15) is 10.4 Å². The third kappa shape index (κ3) is 3.11. The number of para-hydroxylation sites is 2. The monoisotopic (exact) mass is 339 g/mol. The number of halogens is 1. The van der Waals surface area contributed by atoms with Crippen molar-refractivity contribution < 1.29 is 27.4 Å². The summed E-state index contributed by atoms with van der Waals surface area (Å²) in [6, 6.07) is 9.07. The lowest BCUT2D eigenvalue weighted by Gasteiger charge is -2.21. The fourth-order valence-corrected chi connectivity index (χ4v) is 3.24. The smallest absolute Gasteiger partial charge is 0.338 e. The molecule has 0 aromatic heterocycles. The molecule has 0 spiro atoms. The van der Waals surface area contributed by atoms with Gasteiger partial charge in [-0.15, -0.1) is 0 Å². The fourth-order valence-electron chi connectivity index (χ4n) is 2.01. The molecule has 122 valence electrons. The van der Waals surface area contributed by atoms with E-state index in [0.29, 0.717) is 5.75 Å². The first-order valence-electron chi connectivity index (χ1n) is 6.44. The van der Waals surface area contributed by atoms with Gasteiger partial charge in [-0.2, -0.15) is 0 Å². The molecule has 0 fully saturated rings. The van der Waals surface area contributed by atoms with Crippen molar-refractivity contribution in [3.63, 3.8) is 0 Å².